The predicted molar refractivity (Wildman–Crippen MR) is 93.1 cm³/mol. The lowest BCUT2D eigenvalue weighted by Gasteiger charge is -2.27. The number of hydrogen-bond acceptors (Lipinski definition) is 4. The molecule has 0 aliphatic carbocycles. The summed E-state index contributed by atoms with van der Waals surface area (Å²) < 4.78 is 11.0. The molecule has 24 heavy (non-hydrogen) atoms. The number of nitriles is 1. The molecule has 1 unspecified atom stereocenters. The highest BCUT2D eigenvalue weighted by molar-refractivity contribution is 5.43. The molecule has 1 fully saturated rings. The van der Waals surface area contributed by atoms with Gasteiger partial charge in [0.15, 0.2) is 0 Å². The zero-order chi connectivity index (χ0) is 16.9. The van der Waals surface area contributed by atoms with Crippen molar-refractivity contribution < 1.29 is 9.47 Å². The summed E-state index contributed by atoms with van der Waals surface area (Å²) in [6, 6.07) is 16.4. The van der Waals surface area contributed by atoms with Crippen molar-refractivity contribution in [2.45, 2.75) is 25.4 Å². The maximum Gasteiger partial charge on any atom is 0.123 e. The first-order chi connectivity index (χ1) is 11.8. The van der Waals surface area contributed by atoms with Crippen LogP contribution in [0.3, 0.4) is 0 Å². The minimum absolute atomic E-state index is 0.279. The second-order valence-corrected chi connectivity index (χ2v) is 6.01. The van der Waals surface area contributed by atoms with Gasteiger partial charge in [-0.05, 0) is 49.2 Å². The summed E-state index contributed by atoms with van der Waals surface area (Å²) in [5.74, 6) is 1.73. The standard InChI is InChI=1S/C20H22N2O2/c1-23-17-9-10-20(24-2)18(12-17)19-8-5-11-22(19)14-16-7-4-3-6-15(16)13-21/h3-4,6-7,9-10,12,19H,5,8,11,14H2,1-2H3. The fraction of sp³-hybridized carbons (Fsp3) is 0.350. The first-order valence-corrected chi connectivity index (χ1v) is 8.20. The van der Waals surface area contributed by atoms with Gasteiger partial charge in [-0.1, -0.05) is 18.2 Å². The van der Waals surface area contributed by atoms with E-state index < -0.39 is 0 Å². The van der Waals surface area contributed by atoms with Crippen LogP contribution >= 0.6 is 0 Å². The number of nitrogens with zero attached hydrogens (tertiary/aromatic N) is 2. The third-order valence-corrected chi connectivity index (χ3v) is 4.67. The second-order valence-electron chi connectivity index (χ2n) is 6.01. The van der Waals surface area contributed by atoms with E-state index in [2.05, 4.69) is 17.0 Å². The van der Waals surface area contributed by atoms with E-state index in [1.165, 1.54) is 0 Å². The van der Waals surface area contributed by atoms with E-state index >= 15 is 0 Å². The lowest BCUT2D eigenvalue weighted by molar-refractivity contribution is 0.242. The molecule has 1 aliphatic rings. The van der Waals surface area contributed by atoms with Crippen LogP contribution in [0, 0.1) is 11.3 Å². The van der Waals surface area contributed by atoms with E-state index in [1.54, 1.807) is 14.2 Å². The fourth-order valence-electron chi connectivity index (χ4n) is 3.45. The summed E-state index contributed by atoms with van der Waals surface area (Å²) >= 11 is 0. The molecule has 1 heterocycles. The van der Waals surface area contributed by atoms with Crippen molar-refractivity contribution in [2.24, 2.45) is 0 Å². The highest BCUT2D eigenvalue weighted by atomic mass is 16.5. The number of ether oxygens (including phenoxy) is 2. The minimum Gasteiger partial charge on any atom is -0.497 e. The SMILES string of the molecule is COc1ccc(OC)c(C2CCCN2Cc2ccccc2C#N)c1. The summed E-state index contributed by atoms with van der Waals surface area (Å²) in [5, 5.41) is 9.32. The van der Waals surface area contributed by atoms with Gasteiger partial charge < -0.3 is 9.47 Å². The summed E-state index contributed by atoms with van der Waals surface area (Å²) in [4.78, 5) is 2.42. The number of likely N-dealkylation sites (tertiary alicyclic amines) is 1. The van der Waals surface area contributed by atoms with Gasteiger partial charge in [-0.25, -0.2) is 0 Å². The molecular weight excluding hydrogens is 300 g/mol. The van der Waals surface area contributed by atoms with Crippen LogP contribution < -0.4 is 9.47 Å². The zero-order valence-electron chi connectivity index (χ0n) is 14.2. The van der Waals surface area contributed by atoms with Crippen molar-refractivity contribution in [3.05, 3.63) is 59.2 Å². The van der Waals surface area contributed by atoms with E-state index in [0.29, 0.717) is 0 Å². The van der Waals surface area contributed by atoms with Crippen LogP contribution in [0.5, 0.6) is 11.5 Å². The molecule has 3 rings (SSSR count). The van der Waals surface area contributed by atoms with Gasteiger partial charge in [0.25, 0.3) is 0 Å². The van der Waals surface area contributed by atoms with Gasteiger partial charge in [0.05, 0.1) is 25.9 Å². The molecule has 1 atom stereocenters. The van der Waals surface area contributed by atoms with Crippen molar-refractivity contribution in [3.8, 4) is 17.6 Å². The van der Waals surface area contributed by atoms with Gasteiger partial charge in [0, 0.05) is 18.2 Å². The van der Waals surface area contributed by atoms with E-state index in [0.717, 1.165) is 54.1 Å². The predicted octanol–water partition coefficient (Wildman–Crippen LogP) is 3.91. The van der Waals surface area contributed by atoms with Crippen molar-refractivity contribution in [3.63, 3.8) is 0 Å². The highest BCUT2D eigenvalue weighted by Gasteiger charge is 2.29. The molecule has 124 valence electrons. The van der Waals surface area contributed by atoms with Crippen LogP contribution in [0.15, 0.2) is 42.5 Å². The second kappa shape index (κ2) is 7.37. The quantitative estimate of drug-likeness (QED) is 0.837. The molecule has 4 nitrogen and oxygen atoms in total. The van der Waals surface area contributed by atoms with Crippen LogP contribution in [0.1, 0.15) is 35.6 Å². The molecule has 0 radical (unpaired) electrons. The maximum absolute atomic E-state index is 9.32. The average Bonchev–Trinajstić information content (AvgIpc) is 3.09. The van der Waals surface area contributed by atoms with Crippen molar-refractivity contribution in [1.82, 2.24) is 4.90 Å². The molecule has 2 aromatic carbocycles. The van der Waals surface area contributed by atoms with Crippen LogP contribution in [0.4, 0.5) is 0 Å². The Hall–Kier alpha value is -2.51. The van der Waals surface area contributed by atoms with Crippen molar-refractivity contribution in [2.75, 3.05) is 20.8 Å². The van der Waals surface area contributed by atoms with Crippen LogP contribution in [0.2, 0.25) is 0 Å². The largest absolute Gasteiger partial charge is 0.497 e. The molecule has 0 N–H and O–H groups in total. The third-order valence-electron chi connectivity index (χ3n) is 4.67. The molecule has 0 saturated carbocycles. The Labute approximate surface area is 143 Å². The van der Waals surface area contributed by atoms with E-state index in [4.69, 9.17) is 9.47 Å². The lowest BCUT2D eigenvalue weighted by atomic mass is 10.0. The Balaban J connectivity index is 1.90. The van der Waals surface area contributed by atoms with Gasteiger partial charge in [0.2, 0.25) is 0 Å². The normalized spacial score (nSPS) is 17.5. The molecule has 1 saturated heterocycles. The first kappa shape index (κ1) is 16.4. The van der Waals surface area contributed by atoms with E-state index in [-0.39, 0.29) is 6.04 Å². The number of rotatable bonds is 5. The molecule has 2 aromatic rings. The summed E-state index contributed by atoms with van der Waals surface area (Å²) in [6.45, 7) is 1.79. The van der Waals surface area contributed by atoms with Gasteiger partial charge >= 0.3 is 0 Å². The topological polar surface area (TPSA) is 45.5 Å². The molecule has 4 heteroatoms. The average molecular weight is 322 g/mol. The van der Waals surface area contributed by atoms with E-state index in [1.807, 2.05) is 36.4 Å². The lowest BCUT2D eigenvalue weighted by Crippen LogP contribution is -2.23. The molecule has 0 amide bonds. The smallest absolute Gasteiger partial charge is 0.123 e. The molecular formula is C20H22N2O2. The first-order valence-electron chi connectivity index (χ1n) is 8.20. The molecule has 0 aromatic heterocycles. The van der Waals surface area contributed by atoms with Gasteiger partial charge in [-0.15, -0.1) is 0 Å². The molecule has 0 bridgehead atoms. The molecule has 1 aliphatic heterocycles. The Kier molecular flexibility index (Phi) is 5.02. The maximum atomic E-state index is 9.32. The Morgan fingerprint density at radius 1 is 1.17 bits per heavy atom. The van der Waals surface area contributed by atoms with E-state index in [9.17, 15) is 5.26 Å². The number of benzene rings is 2. The Morgan fingerprint density at radius 3 is 2.75 bits per heavy atom. The van der Waals surface area contributed by atoms with Crippen LogP contribution in [0.25, 0.3) is 0 Å². The summed E-state index contributed by atoms with van der Waals surface area (Å²) in [5.41, 5.74) is 2.98. The number of hydrogen-bond donors (Lipinski definition) is 0. The number of methoxy groups -OCH3 is 2. The minimum atomic E-state index is 0.279. The Morgan fingerprint density at radius 2 is 2.00 bits per heavy atom. The molecule has 0 spiro atoms. The monoisotopic (exact) mass is 322 g/mol. The third kappa shape index (κ3) is 3.22. The van der Waals surface area contributed by atoms with Crippen molar-refractivity contribution in [1.29, 1.82) is 5.26 Å². The van der Waals surface area contributed by atoms with Gasteiger partial charge in [-0.3, -0.25) is 4.90 Å². The zero-order valence-corrected chi connectivity index (χ0v) is 14.2. The Bertz CT molecular complexity index is 752. The van der Waals surface area contributed by atoms with Gasteiger partial charge in [0.1, 0.15) is 11.5 Å². The summed E-state index contributed by atoms with van der Waals surface area (Å²) in [7, 11) is 3.39. The van der Waals surface area contributed by atoms with Crippen LogP contribution in [-0.4, -0.2) is 25.7 Å². The van der Waals surface area contributed by atoms with Crippen LogP contribution in [-0.2, 0) is 6.54 Å². The highest BCUT2D eigenvalue weighted by Crippen LogP contribution is 2.39. The fourth-order valence-corrected chi connectivity index (χ4v) is 3.45. The van der Waals surface area contributed by atoms with Gasteiger partial charge in [-0.2, -0.15) is 5.26 Å². The van der Waals surface area contributed by atoms with Crippen molar-refractivity contribution >= 4 is 0 Å². The summed E-state index contributed by atoms with van der Waals surface area (Å²) in [6.07, 6.45) is 2.22.